The van der Waals surface area contributed by atoms with E-state index in [4.69, 9.17) is 0 Å². The number of amides is 1. The van der Waals surface area contributed by atoms with Crippen molar-refractivity contribution >= 4 is 21.6 Å². The number of carbonyl (C=O) groups is 1. The lowest BCUT2D eigenvalue weighted by Gasteiger charge is -2.20. The van der Waals surface area contributed by atoms with Gasteiger partial charge in [0, 0.05) is 31.3 Å². The van der Waals surface area contributed by atoms with Gasteiger partial charge in [-0.2, -0.15) is 0 Å². The van der Waals surface area contributed by atoms with Crippen molar-refractivity contribution in [2.24, 2.45) is 5.92 Å². The van der Waals surface area contributed by atoms with E-state index in [1.54, 1.807) is 0 Å². The van der Waals surface area contributed by atoms with Gasteiger partial charge in [-0.25, -0.2) is 21.5 Å². The highest BCUT2D eigenvalue weighted by Gasteiger charge is 2.18. The van der Waals surface area contributed by atoms with Crippen LogP contribution >= 0.6 is 0 Å². The van der Waals surface area contributed by atoms with Crippen LogP contribution in [0.15, 0.2) is 18.2 Å². The monoisotopic (exact) mass is 348 g/mol. The molecule has 0 aliphatic heterocycles. The minimum absolute atomic E-state index is 0.0427. The van der Waals surface area contributed by atoms with Gasteiger partial charge in [0.2, 0.25) is 15.9 Å². The minimum atomic E-state index is -3.40. The summed E-state index contributed by atoms with van der Waals surface area (Å²) in [5.74, 6) is -2.18. The second-order valence-electron chi connectivity index (χ2n) is 5.77. The maximum absolute atomic E-state index is 13.1. The summed E-state index contributed by atoms with van der Waals surface area (Å²) in [6.07, 6.45) is 1.72. The van der Waals surface area contributed by atoms with Gasteiger partial charge in [0.25, 0.3) is 0 Å². The Kier molecular flexibility index (Phi) is 7.08. The summed E-state index contributed by atoms with van der Waals surface area (Å²) in [6, 6.07) is 3.03. The molecule has 0 radical (unpaired) electrons. The van der Waals surface area contributed by atoms with Crippen LogP contribution in [0.1, 0.15) is 26.7 Å². The summed E-state index contributed by atoms with van der Waals surface area (Å²) in [5, 5.41) is 2.41. The Morgan fingerprint density at radius 3 is 2.39 bits per heavy atom. The van der Waals surface area contributed by atoms with E-state index in [1.165, 1.54) is 10.4 Å². The van der Waals surface area contributed by atoms with Crippen LogP contribution in [0.25, 0.3) is 0 Å². The molecule has 0 fully saturated rings. The van der Waals surface area contributed by atoms with Crippen LogP contribution in [-0.2, 0) is 14.8 Å². The van der Waals surface area contributed by atoms with Crippen molar-refractivity contribution in [3.63, 3.8) is 0 Å². The summed E-state index contributed by atoms with van der Waals surface area (Å²) in [4.78, 5) is 11.8. The van der Waals surface area contributed by atoms with Gasteiger partial charge in [0.15, 0.2) is 11.6 Å². The fourth-order valence-corrected chi connectivity index (χ4v) is 2.73. The van der Waals surface area contributed by atoms with E-state index in [1.807, 2.05) is 13.8 Å². The molecule has 23 heavy (non-hydrogen) atoms. The lowest BCUT2D eigenvalue weighted by molar-refractivity contribution is -0.116. The summed E-state index contributed by atoms with van der Waals surface area (Å²) < 4.78 is 50.5. The van der Waals surface area contributed by atoms with Gasteiger partial charge in [-0.3, -0.25) is 4.79 Å². The molecule has 1 rings (SSSR count). The smallest absolute Gasteiger partial charge is 0.225 e. The second-order valence-corrected chi connectivity index (χ2v) is 7.75. The standard InChI is InChI=1S/C15H22F2N2O3S/c1-11(2)6-8-19(23(3,21)22)9-7-15(20)18-12-4-5-13(16)14(17)10-12/h4-5,10-11H,6-9H2,1-3H3,(H,18,20). The molecule has 0 saturated carbocycles. The van der Waals surface area contributed by atoms with Crippen molar-refractivity contribution < 1.29 is 22.0 Å². The number of halogens is 2. The van der Waals surface area contributed by atoms with Crippen molar-refractivity contribution in [2.45, 2.75) is 26.7 Å². The summed E-state index contributed by atoms with van der Waals surface area (Å²) in [5.41, 5.74) is 0.127. The third-order valence-electron chi connectivity index (χ3n) is 3.22. The van der Waals surface area contributed by atoms with E-state index in [-0.39, 0.29) is 18.7 Å². The first-order chi connectivity index (χ1) is 10.6. The topological polar surface area (TPSA) is 66.5 Å². The van der Waals surface area contributed by atoms with Gasteiger partial charge in [0.05, 0.1) is 6.26 Å². The molecule has 0 heterocycles. The van der Waals surface area contributed by atoms with Crippen molar-refractivity contribution in [2.75, 3.05) is 24.7 Å². The molecule has 1 aromatic carbocycles. The number of rotatable bonds is 8. The summed E-state index contributed by atoms with van der Waals surface area (Å²) >= 11 is 0. The maximum Gasteiger partial charge on any atom is 0.225 e. The van der Waals surface area contributed by atoms with E-state index in [2.05, 4.69) is 5.32 Å². The molecule has 0 aromatic heterocycles. The van der Waals surface area contributed by atoms with Gasteiger partial charge in [-0.05, 0) is 24.5 Å². The van der Waals surface area contributed by atoms with Gasteiger partial charge >= 0.3 is 0 Å². The second kappa shape index (κ2) is 8.35. The number of nitrogens with zero attached hydrogens (tertiary/aromatic N) is 1. The Hall–Kier alpha value is -1.54. The minimum Gasteiger partial charge on any atom is -0.326 e. The highest BCUT2D eigenvalue weighted by molar-refractivity contribution is 7.88. The lowest BCUT2D eigenvalue weighted by Crippen LogP contribution is -2.34. The molecule has 0 unspecified atom stereocenters. The Bertz CT molecular complexity index is 648. The average Bonchev–Trinajstić information content (AvgIpc) is 2.41. The number of hydrogen-bond acceptors (Lipinski definition) is 3. The predicted molar refractivity (Wildman–Crippen MR) is 85.5 cm³/mol. The third kappa shape index (κ3) is 7.04. The zero-order chi connectivity index (χ0) is 17.6. The quantitative estimate of drug-likeness (QED) is 0.785. The fraction of sp³-hybridized carbons (Fsp3) is 0.533. The number of sulfonamides is 1. The molecule has 0 atom stereocenters. The summed E-state index contributed by atoms with van der Waals surface area (Å²) in [7, 11) is -3.40. The van der Waals surface area contributed by atoms with Gasteiger partial charge in [-0.1, -0.05) is 13.8 Å². The lowest BCUT2D eigenvalue weighted by atomic mass is 10.1. The van der Waals surface area contributed by atoms with Crippen LogP contribution in [0.5, 0.6) is 0 Å². The third-order valence-corrected chi connectivity index (χ3v) is 4.52. The average molecular weight is 348 g/mol. The van der Waals surface area contributed by atoms with Crippen LogP contribution < -0.4 is 5.32 Å². The van der Waals surface area contributed by atoms with Crippen LogP contribution in [-0.4, -0.2) is 38.0 Å². The Morgan fingerprint density at radius 2 is 1.87 bits per heavy atom. The largest absolute Gasteiger partial charge is 0.326 e. The van der Waals surface area contributed by atoms with E-state index >= 15 is 0 Å². The van der Waals surface area contributed by atoms with E-state index < -0.39 is 27.6 Å². The van der Waals surface area contributed by atoms with Crippen LogP contribution in [0.2, 0.25) is 0 Å². The molecule has 1 amide bonds. The van der Waals surface area contributed by atoms with Crippen LogP contribution in [0, 0.1) is 17.6 Å². The van der Waals surface area contributed by atoms with Crippen molar-refractivity contribution in [3.8, 4) is 0 Å². The number of anilines is 1. The fourth-order valence-electron chi connectivity index (χ4n) is 1.87. The number of carbonyl (C=O) groups excluding carboxylic acids is 1. The molecule has 130 valence electrons. The predicted octanol–water partition coefficient (Wildman–Crippen LogP) is 2.60. The van der Waals surface area contributed by atoms with Gasteiger partial charge < -0.3 is 5.32 Å². The zero-order valence-corrected chi connectivity index (χ0v) is 14.3. The number of benzene rings is 1. The molecule has 5 nitrogen and oxygen atoms in total. The highest BCUT2D eigenvalue weighted by atomic mass is 32.2. The molecule has 0 aliphatic rings. The summed E-state index contributed by atoms with van der Waals surface area (Å²) in [6.45, 7) is 4.35. The van der Waals surface area contributed by atoms with Crippen molar-refractivity contribution in [1.29, 1.82) is 0 Å². The first kappa shape index (κ1) is 19.5. The first-order valence-electron chi connectivity index (χ1n) is 7.29. The maximum atomic E-state index is 13.1. The van der Waals surface area contributed by atoms with E-state index in [0.717, 1.165) is 18.4 Å². The Labute approximate surface area is 135 Å². The highest BCUT2D eigenvalue weighted by Crippen LogP contribution is 2.13. The van der Waals surface area contributed by atoms with Crippen LogP contribution in [0.3, 0.4) is 0 Å². The van der Waals surface area contributed by atoms with E-state index in [9.17, 15) is 22.0 Å². The molecule has 8 heteroatoms. The molecular formula is C15H22F2N2O3S. The zero-order valence-electron chi connectivity index (χ0n) is 13.5. The van der Waals surface area contributed by atoms with Crippen molar-refractivity contribution in [3.05, 3.63) is 29.8 Å². The Morgan fingerprint density at radius 1 is 1.22 bits per heavy atom. The molecule has 1 aromatic rings. The Balaban J connectivity index is 2.59. The molecule has 0 saturated heterocycles. The number of hydrogen-bond donors (Lipinski definition) is 1. The molecule has 0 aliphatic carbocycles. The normalized spacial score (nSPS) is 12.0. The molecule has 0 bridgehead atoms. The van der Waals surface area contributed by atoms with Crippen LogP contribution in [0.4, 0.5) is 14.5 Å². The first-order valence-corrected chi connectivity index (χ1v) is 9.14. The number of nitrogens with one attached hydrogen (secondary N) is 1. The molecule has 0 spiro atoms. The van der Waals surface area contributed by atoms with Gasteiger partial charge in [-0.15, -0.1) is 0 Å². The van der Waals surface area contributed by atoms with Crippen molar-refractivity contribution in [1.82, 2.24) is 4.31 Å². The van der Waals surface area contributed by atoms with Gasteiger partial charge in [0.1, 0.15) is 0 Å². The SMILES string of the molecule is CC(C)CCN(CCC(=O)Nc1ccc(F)c(F)c1)S(C)(=O)=O. The molecule has 1 N–H and O–H groups in total. The molecular weight excluding hydrogens is 326 g/mol. The van der Waals surface area contributed by atoms with E-state index in [0.29, 0.717) is 18.9 Å².